The molecule has 6 heteroatoms. The van der Waals surface area contributed by atoms with Gasteiger partial charge in [-0.2, -0.15) is 18.6 Å². The first-order valence-electron chi connectivity index (χ1n) is 8.19. The fourth-order valence-corrected chi connectivity index (χ4v) is 0.720. The predicted molar refractivity (Wildman–Crippen MR) is 136 cm³/mol. The molecule has 1 aromatic carbocycles. The Labute approximate surface area is 184 Å². The smallest absolute Gasteiger partial charge is 0.565 e. The SMILES string of the molecule is CP(C)C.CP(C)C.CP(C)C.CP(C)C.[CH2-]c1cccc(C)c1O.[Ru+]. The Bertz CT molecular complexity index is 329. The van der Waals surface area contributed by atoms with Crippen LogP contribution in [0, 0.1) is 13.8 Å². The van der Waals surface area contributed by atoms with Crippen LogP contribution in [0.4, 0.5) is 0 Å². The van der Waals surface area contributed by atoms with Crippen LogP contribution in [0.15, 0.2) is 18.2 Å². The maximum absolute atomic E-state index is 9.14. The summed E-state index contributed by atoms with van der Waals surface area (Å²) in [6, 6.07) is 5.50. The van der Waals surface area contributed by atoms with Gasteiger partial charge in [-0.3, -0.25) is 0 Å². The van der Waals surface area contributed by atoms with Crippen molar-refractivity contribution in [1.29, 1.82) is 0 Å². The molecule has 0 aromatic heterocycles. The first-order valence-corrected chi connectivity index (χ1v) is 18.9. The average molecular weight is 527 g/mol. The zero-order valence-corrected chi connectivity index (χ0v) is 24.8. The molecule has 0 saturated heterocycles. The van der Waals surface area contributed by atoms with Crippen molar-refractivity contribution in [3.8, 4) is 5.75 Å². The Hall–Kier alpha value is 1.23. The Kier molecular flexibility index (Phi) is 38.3. The molecule has 0 amide bonds. The number of aromatic hydroxyl groups is 1. The van der Waals surface area contributed by atoms with Crippen molar-refractivity contribution in [1.82, 2.24) is 0 Å². The Morgan fingerprint density at radius 1 is 0.654 bits per heavy atom. The number of para-hydroxylation sites is 1. The van der Waals surface area contributed by atoms with Gasteiger partial charge in [0, 0.05) is 5.75 Å². The maximum Gasteiger partial charge on any atom is 1.00 e. The monoisotopic (exact) mass is 527 g/mol. The molecule has 0 aliphatic heterocycles. The van der Waals surface area contributed by atoms with E-state index in [0.29, 0.717) is 43.0 Å². The summed E-state index contributed by atoms with van der Waals surface area (Å²) in [5, 5.41) is 9.14. The van der Waals surface area contributed by atoms with Crippen LogP contribution in [0.5, 0.6) is 5.75 Å². The van der Waals surface area contributed by atoms with Crippen molar-refractivity contribution in [2.75, 3.05) is 80.0 Å². The van der Waals surface area contributed by atoms with E-state index in [-0.39, 0.29) is 19.5 Å². The minimum atomic E-state index is 0. The largest absolute Gasteiger partial charge is 1.00 e. The summed E-state index contributed by atoms with van der Waals surface area (Å²) in [5.74, 6) is 0.303. The van der Waals surface area contributed by atoms with E-state index in [2.05, 4.69) is 86.9 Å². The summed E-state index contributed by atoms with van der Waals surface area (Å²) in [6.07, 6.45) is 0. The minimum absolute atomic E-state index is 0. The van der Waals surface area contributed by atoms with Crippen LogP contribution in [0.3, 0.4) is 0 Å². The second-order valence-electron chi connectivity index (χ2n) is 7.45. The van der Waals surface area contributed by atoms with Crippen LogP contribution < -0.4 is 0 Å². The third-order valence-electron chi connectivity index (χ3n) is 1.32. The van der Waals surface area contributed by atoms with Crippen LogP contribution in [0.25, 0.3) is 0 Å². The van der Waals surface area contributed by atoms with Gasteiger partial charge < -0.3 is 5.11 Å². The van der Waals surface area contributed by atoms with Gasteiger partial charge in [-0.05, 0) is 86.9 Å². The molecule has 1 nitrogen and oxygen atoms in total. The molecule has 0 bridgehead atoms. The number of phenolic OH excluding ortho intramolecular Hbond substituents is 1. The zero-order chi connectivity index (χ0) is 21.2. The molecule has 159 valence electrons. The van der Waals surface area contributed by atoms with E-state index in [0.717, 1.165) is 5.56 Å². The molecule has 1 radical (unpaired) electrons. The van der Waals surface area contributed by atoms with Gasteiger partial charge in [0.2, 0.25) is 0 Å². The zero-order valence-electron chi connectivity index (χ0n) is 19.5. The molecule has 26 heavy (non-hydrogen) atoms. The van der Waals surface area contributed by atoms with E-state index in [1.807, 2.05) is 19.1 Å². The van der Waals surface area contributed by atoms with Crippen molar-refractivity contribution < 1.29 is 24.6 Å². The van der Waals surface area contributed by atoms with Crippen molar-refractivity contribution in [3.05, 3.63) is 36.2 Å². The second-order valence-corrected chi connectivity index (χ2v) is 18.2. The van der Waals surface area contributed by atoms with Gasteiger partial charge in [-0.25, -0.2) is 0 Å². The number of hydrogen-bond acceptors (Lipinski definition) is 1. The molecule has 0 unspecified atom stereocenters. The first-order chi connectivity index (χ1) is 11.1. The quantitative estimate of drug-likeness (QED) is 0.214. The summed E-state index contributed by atoms with van der Waals surface area (Å²) in [4.78, 5) is 0. The van der Waals surface area contributed by atoms with E-state index in [1.165, 1.54) is 0 Å². The van der Waals surface area contributed by atoms with Crippen molar-refractivity contribution >= 4 is 31.7 Å². The summed E-state index contributed by atoms with van der Waals surface area (Å²) in [6.45, 7) is 32.3. The van der Waals surface area contributed by atoms with Crippen molar-refractivity contribution in [2.24, 2.45) is 0 Å². The standard InChI is InChI=1S/C8H9O.4C3H9P.Ru/c1-6-4-3-5-7(2)8(6)9;4*1-4(2)3;/h3-5,9H,1H2,2H3;4*1-3H3;/q-1;;;;;+1. The van der Waals surface area contributed by atoms with Crippen molar-refractivity contribution in [3.63, 3.8) is 0 Å². The topological polar surface area (TPSA) is 20.2 Å². The summed E-state index contributed by atoms with van der Waals surface area (Å²) < 4.78 is 0. The number of hydrogen-bond donors (Lipinski definition) is 1. The first kappa shape index (κ1) is 37.9. The Balaban J connectivity index is -0.0000000752. The molecule has 1 N–H and O–H groups in total. The molecule has 0 aliphatic rings. The molecule has 0 spiro atoms. The number of rotatable bonds is 0. The molecule has 0 aliphatic carbocycles. The number of aryl methyl sites for hydroxylation is 1. The summed E-state index contributed by atoms with van der Waals surface area (Å²) in [5.41, 5.74) is 1.57. The molecule has 0 atom stereocenters. The van der Waals surface area contributed by atoms with Crippen molar-refractivity contribution in [2.45, 2.75) is 6.92 Å². The molecular formula is C20H45OP4Ru. The number of phenols is 1. The Morgan fingerprint density at radius 3 is 1.04 bits per heavy atom. The summed E-state index contributed by atoms with van der Waals surface area (Å²) >= 11 is 0. The Morgan fingerprint density at radius 2 is 0.885 bits per heavy atom. The normalized spacial score (nSPS) is 8.81. The fraction of sp³-hybridized carbons (Fsp3) is 0.650. The van der Waals surface area contributed by atoms with E-state index in [9.17, 15) is 0 Å². The van der Waals surface area contributed by atoms with Gasteiger partial charge in [-0.15, -0.1) is 37.8 Å². The van der Waals surface area contributed by atoms with Gasteiger partial charge in [0.05, 0.1) is 0 Å². The van der Waals surface area contributed by atoms with Gasteiger partial charge in [0.25, 0.3) is 0 Å². The third kappa shape index (κ3) is 63.9. The second kappa shape index (κ2) is 26.2. The van der Waals surface area contributed by atoms with Gasteiger partial charge in [-0.1, -0.05) is 11.6 Å². The molecule has 1 aromatic rings. The molecule has 0 saturated carbocycles. The van der Waals surface area contributed by atoms with Gasteiger partial charge >= 0.3 is 19.5 Å². The third-order valence-corrected chi connectivity index (χ3v) is 1.32. The molecule has 0 heterocycles. The van der Waals surface area contributed by atoms with Crippen LogP contribution in [0.2, 0.25) is 0 Å². The fourth-order valence-electron chi connectivity index (χ4n) is 0.720. The van der Waals surface area contributed by atoms with Gasteiger partial charge in [0.1, 0.15) is 0 Å². The van der Waals surface area contributed by atoms with E-state index in [1.54, 1.807) is 6.07 Å². The van der Waals surface area contributed by atoms with Crippen LogP contribution in [-0.4, -0.2) is 85.1 Å². The maximum atomic E-state index is 9.14. The van der Waals surface area contributed by atoms with E-state index < -0.39 is 0 Å². The van der Waals surface area contributed by atoms with Crippen LogP contribution in [0.1, 0.15) is 11.1 Å². The molecular weight excluding hydrogens is 481 g/mol. The van der Waals surface area contributed by atoms with E-state index in [4.69, 9.17) is 5.11 Å². The predicted octanol–water partition coefficient (Wildman–Crippen LogP) is 7.31. The summed E-state index contributed by atoms with van der Waals surface area (Å²) in [7, 11) is 1.52. The van der Waals surface area contributed by atoms with Crippen LogP contribution >= 0.6 is 31.7 Å². The molecule has 0 fully saturated rings. The minimum Gasteiger partial charge on any atom is -0.565 e. The molecule has 1 rings (SSSR count). The number of benzene rings is 1. The van der Waals surface area contributed by atoms with Gasteiger partial charge in [0.15, 0.2) is 0 Å². The average Bonchev–Trinajstić information content (AvgIpc) is 2.33. The van der Waals surface area contributed by atoms with Crippen LogP contribution in [-0.2, 0) is 19.5 Å². The van der Waals surface area contributed by atoms with E-state index >= 15 is 0 Å².